The van der Waals surface area contributed by atoms with E-state index in [0.717, 1.165) is 37.7 Å². The predicted molar refractivity (Wildman–Crippen MR) is 187 cm³/mol. The molecule has 2 heterocycles. The number of benzene rings is 1. The zero-order valence-electron chi connectivity index (χ0n) is 29.9. The Bertz CT molecular complexity index is 1610. The number of imide groups is 1. The van der Waals surface area contributed by atoms with E-state index < -0.39 is 11.4 Å². The first-order chi connectivity index (χ1) is 24.5. The molecule has 3 aliphatic rings. The van der Waals surface area contributed by atoms with Crippen molar-refractivity contribution in [2.24, 2.45) is 29.1 Å². The summed E-state index contributed by atoms with van der Waals surface area (Å²) in [5.41, 5.74) is 0.590. The summed E-state index contributed by atoms with van der Waals surface area (Å²) in [5.74, 6) is 1.53. The number of hydrogen-bond donors (Lipinski definition) is 0. The number of fused-ring (bicyclic) bond motifs is 5. The van der Waals surface area contributed by atoms with Crippen LogP contribution < -0.4 is 0 Å². The maximum Gasteiger partial charge on any atom is 0.311 e. The summed E-state index contributed by atoms with van der Waals surface area (Å²) < 4.78 is 12.4. The van der Waals surface area contributed by atoms with Crippen LogP contribution in [0.25, 0.3) is 0 Å². The van der Waals surface area contributed by atoms with Crippen LogP contribution in [0.1, 0.15) is 89.4 Å². The fraction of sp³-hybridized carbons (Fsp3) is 0.564. The molecule has 1 unspecified atom stereocenters. The minimum Gasteiger partial charge on any atom is -0.466 e. The van der Waals surface area contributed by atoms with E-state index in [1.54, 1.807) is 22.7 Å². The van der Waals surface area contributed by atoms with E-state index in [9.17, 15) is 24.0 Å². The maximum absolute atomic E-state index is 12.9. The van der Waals surface area contributed by atoms with Gasteiger partial charge >= 0.3 is 11.9 Å². The standard InChI is InChI=1S/C39H49N5O7/c1-5-20-42(21-12-7-8-13-22-43-36(47)34-28-16-17-29(23-28)35(34)37(43)48)32(45)18-19-33(46)51-26-30-25-44(41-40-30)31(27-14-10-9-11-15-27)24-39(3,4)38(49)50-6-2/h1,9-11,14-17,25,28-29,31,34-35H,6-8,12-13,18-24,26H2,2-4H3/t28-,29+,31?,34+,35-. The largest absolute Gasteiger partial charge is 0.466 e. The minimum absolute atomic E-state index is 0.0128. The quantitative estimate of drug-likeness (QED) is 0.0682. The summed E-state index contributed by atoms with van der Waals surface area (Å²) in [7, 11) is 0. The zero-order chi connectivity index (χ0) is 36.5. The molecule has 2 fully saturated rings. The van der Waals surface area contributed by atoms with Gasteiger partial charge in [0, 0.05) is 19.5 Å². The van der Waals surface area contributed by atoms with Crippen molar-refractivity contribution in [2.75, 3.05) is 26.2 Å². The number of nitrogens with zero attached hydrogens (tertiary/aromatic N) is 5. The second-order valence-corrected chi connectivity index (χ2v) is 14.3. The summed E-state index contributed by atoms with van der Waals surface area (Å²) in [6.07, 6.45) is 15.7. The van der Waals surface area contributed by atoms with Crippen molar-refractivity contribution in [1.29, 1.82) is 0 Å². The number of carbonyl (C=O) groups is 5. The van der Waals surface area contributed by atoms with E-state index in [2.05, 4.69) is 28.4 Å². The molecule has 1 saturated carbocycles. The first kappa shape index (κ1) is 37.5. The number of terminal acetylenes is 1. The number of aromatic nitrogens is 3. The molecule has 1 aliphatic heterocycles. The van der Waals surface area contributed by atoms with Gasteiger partial charge in [-0.1, -0.05) is 66.5 Å². The summed E-state index contributed by atoms with van der Waals surface area (Å²) >= 11 is 0. The normalized spacial score (nSPS) is 21.0. The molecule has 1 saturated heterocycles. The third-order valence-electron chi connectivity index (χ3n) is 10.3. The molecule has 1 aromatic heterocycles. The summed E-state index contributed by atoms with van der Waals surface area (Å²) in [6, 6.07) is 9.35. The smallest absolute Gasteiger partial charge is 0.311 e. The van der Waals surface area contributed by atoms with Gasteiger partial charge in [-0.15, -0.1) is 11.5 Å². The number of amides is 3. The van der Waals surface area contributed by atoms with Gasteiger partial charge in [0.1, 0.15) is 12.3 Å². The average Bonchev–Trinajstić information content (AvgIpc) is 3.92. The molecule has 3 amide bonds. The summed E-state index contributed by atoms with van der Waals surface area (Å²) in [5, 5.41) is 8.46. The topological polar surface area (TPSA) is 141 Å². The Kier molecular flexibility index (Phi) is 12.4. The Morgan fingerprint density at radius 1 is 1.00 bits per heavy atom. The molecule has 2 aliphatic carbocycles. The zero-order valence-corrected chi connectivity index (χ0v) is 29.9. The number of ether oxygens (including phenoxy) is 2. The van der Waals surface area contributed by atoms with Gasteiger partial charge in [-0.05, 0) is 63.9 Å². The number of unbranched alkanes of at least 4 members (excludes halogenated alkanes) is 3. The summed E-state index contributed by atoms with van der Waals surface area (Å²) in [4.78, 5) is 66.9. The van der Waals surface area contributed by atoms with Crippen molar-refractivity contribution in [1.82, 2.24) is 24.8 Å². The van der Waals surface area contributed by atoms with Gasteiger partial charge < -0.3 is 14.4 Å². The average molecular weight is 700 g/mol. The minimum atomic E-state index is -0.789. The molecular weight excluding hydrogens is 650 g/mol. The van der Waals surface area contributed by atoms with Gasteiger partial charge in [-0.2, -0.15) is 0 Å². The number of rotatable bonds is 19. The lowest BCUT2D eigenvalue weighted by Crippen LogP contribution is -2.34. The van der Waals surface area contributed by atoms with Crippen LogP contribution in [-0.2, 0) is 40.1 Å². The third kappa shape index (κ3) is 8.93. The summed E-state index contributed by atoms with van der Waals surface area (Å²) in [6.45, 7) is 6.66. The van der Waals surface area contributed by atoms with Gasteiger partial charge in [0.15, 0.2) is 0 Å². The molecule has 0 N–H and O–H groups in total. The van der Waals surface area contributed by atoms with Crippen molar-refractivity contribution in [3.63, 3.8) is 0 Å². The van der Waals surface area contributed by atoms with Gasteiger partial charge in [0.2, 0.25) is 17.7 Å². The second kappa shape index (κ2) is 16.9. The van der Waals surface area contributed by atoms with E-state index in [1.165, 1.54) is 4.90 Å². The highest BCUT2D eigenvalue weighted by atomic mass is 16.5. The molecule has 5 rings (SSSR count). The van der Waals surface area contributed by atoms with Crippen LogP contribution in [0, 0.1) is 41.4 Å². The lowest BCUT2D eigenvalue weighted by Gasteiger charge is -2.28. The fourth-order valence-corrected chi connectivity index (χ4v) is 7.57. The van der Waals surface area contributed by atoms with Crippen LogP contribution in [-0.4, -0.2) is 80.7 Å². The van der Waals surface area contributed by atoms with Gasteiger partial charge in [-0.3, -0.25) is 28.9 Å². The van der Waals surface area contributed by atoms with Crippen molar-refractivity contribution < 1.29 is 33.4 Å². The Morgan fingerprint density at radius 2 is 1.69 bits per heavy atom. The van der Waals surface area contributed by atoms with Gasteiger partial charge in [0.05, 0.1) is 49.1 Å². The Hall–Kier alpha value is -4.79. The van der Waals surface area contributed by atoms with E-state index >= 15 is 0 Å². The highest BCUT2D eigenvalue weighted by molar-refractivity contribution is 6.06. The molecule has 272 valence electrons. The highest BCUT2D eigenvalue weighted by Crippen LogP contribution is 2.52. The van der Waals surface area contributed by atoms with Crippen LogP contribution in [0.2, 0.25) is 0 Å². The molecule has 12 nitrogen and oxygen atoms in total. The highest BCUT2D eigenvalue weighted by Gasteiger charge is 2.58. The fourth-order valence-electron chi connectivity index (χ4n) is 7.57. The molecule has 2 aromatic rings. The Morgan fingerprint density at radius 3 is 2.35 bits per heavy atom. The van der Waals surface area contributed by atoms with Gasteiger partial charge in [-0.25, -0.2) is 4.68 Å². The Balaban J connectivity index is 1.02. The van der Waals surface area contributed by atoms with Crippen LogP contribution in [0.5, 0.6) is 0 Å². The monoisotopic (exact) mass is 699 g/mol. The SMILES string of the molecule is C#CCN(CCCCCCN1C(=O)[C@@H]2[C@H](C1=O)[C@H]1C=C[C@@H]2C1)C(=O)CCC(=O)OCc1cn(C(CC(C)(C)C(=O)OCC)c2ccccc2)nn1. The molecule has 2 bridgehead atoms. The second-order valence-electron chi connectivity index (χ2n) is 14.3. The number of esters is 2. The lowest BCUT2D eigenvalue weighted by atomic mass is 9.83. The molecule has 1 aromatic carbocycles. The van der Waals surface area contributed by atoms with E-state index in [-0.39, 0.29) is 79.4 Å². The molecule has 51 heavy (non-hydrogen) atoms. The first-order valence-corrected chi connectivity index (χ1v) is 18.1. The maximum atomic E-state index is 12.9. The molecule has 5 atom stereocenters. The van der Waals surface area contributed by atoms with E-state index in [0.29, 0.717) is 31.8 Å². The molecule has 0 radical (unpaired) electrons. The van der Waals surface area contributed by atoms with Crippen LogP contribution in [0.4, 0.5) is 0 Å². The van der Waals surface area contributed by atoms with E-state index in [1.807, 2.05) is 44.2 Å². The van der Waals surface area contributed by atoms with Crippen molar-refractivity contribution in [2.45, 2.75) is 84.8 Å². The predicted octanol–water partition coefficient (Wildman–Crippen LogP) is 4.50. The Labute approximate surface area is 299 Å². The molecular formula is C39H49N5O7. The van der Waals surface area contributed by atoms with Crippen molar-refractivity contribution >= 4 is 29.7 Å². The molecule has 12 heteroatoms. The number of hydrogen-bond acceptors (Lipinski definition) is 9. The van der Waals surface area contributed by atoms with Crippen LogP contribution in [0.15, 0.2) is 48.7 Å². The number of allylic oxidation sites excluding steroid dienone is 2. The van der Waals surface area contributed by atoms with Crippen molar-refractivity contribution in [3.8, 4) is 12.3 Å². The third-order valence-corrected chi connectivity index (χ3v) is 10.3. The molecule has 0 spiro atoms. The lowest BCUT2D eigenvalue weighted by molar-refractivity contribution is -0.154. The van der Waals surface area contributed by atoms with E-state index in [4.69, 9.17) is 15.9 Å². The van der Waals surface area contributed by atoms with Gasteiger partial charge in [0.25, 0.3) is 0 Å². The van der Waals surface area contributed by atoms with Crippen molar-refractivity contribution in [3.05, 3.63) is 59.9 Å². The number of likely N-dealkylation sites (tertiary alicyclic amines) is 1. The number of carbonyl (C=O) groups excluding carboxylic acids is 5. The first-order valence-electron chi connectivity index (χ1n) is 18.1. The van der Waals surface area contributed by atoms with Crippen LogP contribution in [0.3, 0.4) is 0 Å². The van der Waals surface area contributed by atoms with Crippen LogP contribution >= 0.6 is 0 Å².